The van der Waals surface area contributed by atoms with Crippen LogP contribution >= 0.6 is 0 Å². The van der Waals surface area contributed by atoms with Crippen LogP contribution in [-0.4, -0.2) is 9.97 Å². The molecule has 2 nitrogen and oxygen atoms in total. The number of hydrogen-bond acceptors (Lipinski definition) is 0. The zero-order valence-corrected chi connectivity index (χ0v) is 15.4. The predicted molar refractivity (Wildman–Crippen MR) is 112 cm³/mol. The lowest BCUT2D eigenvalue weighted by Gasteiger charge is -2.01. The number of aryl methyl sites for hydroxylation is 2. The second kappa shape index (κ2) is 6.72. The van der Waals surface area contributed by atoms with Gasteiger partial charge in [0, 0.05) is 32.9 Å². The van der Waals surface area contributed by atoms with Gasteiger partial charge in [0.05, 0.1) is 0 Å². The van der Waals surface area contributed by atoms with E-state index in [0.717, 1.165) is 34.6 Å². The van der Waals surface area contributed by atoms with Gasteiger partial charge in [0.15, 0.2) is 0 Å². The Kier molecular flexibility index (Phi) is 4.26. The molecule has 2 aromatic heterocycles. The van der Waals surface area contributed by atoms with Gasteiger partial charge in [0.1, 0.15) is 0 Å². The Morgan fingerprint density at radius 2 is 1.69 bits per heavy atom. The summed E-state index contributed by atoms with van der Waals surface area (Å²) in [6, 6.07) is 19.3. The number of fused-ring (bicyclic) bond motifs is 1. The lowest BCUT2D eigenvalue weighted by molar-refractivity contribution is 1.000. The number of hydrogen-bond donors (Lipinski definition) is 2. The first-order valence-electron chi connectivity index (χ1n) is 9.28. The zero-order valence-electron chi connectivity index (χ0n) is 15.4. The first kappa shape index (κ1) is 16.5. The van der Waals surface area contributed by atoms with Crippen LogP contribution in [-0.2, 0) is 12.8 Å². The SMILES string of the molecule is C=c1[nH]c2cc(-c3ccccc3)ccc2/c1=C/c1cc(CC)c(CC)[nH]1. The van der Waals surface area contributed by atoms with E-state index in [-0.39, 0.29) is 0 Å². The fourth-order valence-corrected chi connectivity index (χ4v) is 3.68. The van der Waals surface area contributed by atoms with E-state index in [1.165, 1.54) is 27.8 Å². The Morgan fingerprint density at radius 1 is 0.885 bits per heavy atom. The van der Waals surface area contributed by atoms with E-state index < -0.39 is 0 Å². The van der Waals surface area contributed by atoms with Gasteiger partial charge in [-0.3, -0.25) is 0 Å². The van der Waals surface area contributed by atoms with Crippen LogP contribution in [0.15, 0.2) is 54.6 Å². The second-order valence-electron chi connectivity index (χ2n) is 6.72. The molecule has 4 rings (SSSR count). The molecule has 26 heavy (non-hydrogen) atoms. The molecule has 0 atom stereocenters. The Labute approximate surface area is 153 Å². The standard InChI is InChI=1S/C24H24N2/c1-4-17-13-20(26-23(17)5-2)15-22-16(3)25-24-14-19(11-12-21(22)24)18-9-7-6-8-10-18/h6-15,25-26H,3-5H2,1-2H3/b22-15+. The molecule has 0 unspecified atom stereocenters. The van der Waals surface area contributed by atoms with Gasteiger partial charge >= 0.3 is 0 Å². The van der Waals surface area contributed by atoms with Crippen molar-refractivity contribution < 1.29 is 0 Å². The van der Waals surface area contributed by atoms with Gasteiger partial charge in [-0.25, -0.2) is 0 Å². The van der Waals surface area contributed by atoms with Gasteiger partial charge in [0.25, 0.3) is 0 Å². The van der Waals surface area contributed by atoms with Crippen molar-refractivity contribution in [3.8, 4) is 11.1 Å². The van der Waals surface area contributed by atoms with E-state index in [4.69, 9.17) is 0 Å². The van der Waals surface area contributed by atoms with Crippen molar-refractivity contribution in [3.63, 3.8) is 0 Å². The van der Waals surface area contributed by atoms with Gasteiger partial charge in [-0.05, 0) is 47.7 Å². The van der Waals surface area contributed by atoms with Crippen LogP contribution in [0.5, 0.6) is 0 Å². The molecule has 0 spiro atoms. The van der Waals surface area contributed by atoms with Crippen molar-refractivity contribution in [2.45, 2.75) is 26.7 Å². The topological polar surface area (TPSA) is 31.6 Å². The van der Waals surface area contributed by atoms with Gasteiger partial charge in [-0.15, -0.1) is 0 Å². The molecule has 0 bridgehead atoms. The minimum atomic E-state index is 0.955. The number of nitrogens with one attached hydrogen (secondary N) is 2. The maximum absolute atomic E-state index is 4.23. The van der Waals surface area contributed by atoms with Gasteiger partial charge < -0.3 is 9.97 Å². The van der Waals surface area contributed by atoms with Gasteiger partial charge in [-0.2, -0.15) is 0 Å². The Morgan fingerprint density at radius 3 is 2.38 bits per heavy atom. The molecule has 0 fully saturated rings. The summed E-state index contributed by atoms with van der Waals surface area (Å²) in [6.45, 7) is 8.62. The zero-order chi connectivity index (χ0) is 18.1. The largest absolute Gasteiger partial charge is 0.359 e. The molecular formula is C24H24N2. The minimum Gasteiger partial charge on any atom is -0.359 e. The van der Waals surface area contributed by atoms with Gasteiger partial charge in [0.2, 0.25) is 0 Å². The summed E-state index contributed by atoms with van der Waals surface area (Å²) in [5, 5.41) is 3.32. The maximum atomic E-state index is 4.23. The molecule has 0 aliphatic carbocycles. The molecule has 2 aromatic carbocycles. The molecule has 0 amide bonds. The highest BCUT2D eigenvalue weighted by atomic mass is 14.7. The molecule has 2 heteroatoms. The van der Waals surface area contributed by atoms with Crippen molar-refractivity contribution in [1.82, 2.24) is 9.97 Å². The monoisotopic (exact) mass is 340 g/mol. The first-order valence-corrected chi connectivity index (χ1v) is 9.28. The Bertz CT molecular complexity index is 1140. The number of aromatic nitrogens is 2. The van der Waals surface area contributed by atoms with Gasteiger partial charge in [-0.1, -0.05) is 62.9 Å². The fourth-order valence-electron chi connectivity index (χ4n) is 3.68. The van der Waals surface area contributed by atoms with E-state index in [2.05, 4.69) is 85.0 Å². The third-order valence-corrected chi connectivity index (χ3v) is 5.07. The summed E-state index contributed by atoms with van der Waals surface area (Å²) >= 11 is 0. The average molecular weight is 340 g/mol. The maximum Gasteiger partial charge on any atom is 0.0470 e. The smallest absolute Gasteiger partial charge is 0.0470 e. The first-order chi connectivity index (χ1) is 12.7. The fraction of sp³-hybridized carbons (Fsp3) is 0.167. The van der Waals surface area contributed by atoms with E-state index in [9.17, 15) is 0 Å². The van der Waals surface area contributed by atoms with Crippen LogP contribution in [0, 0.1) is 0 Å². The number of H-pyrrole nitrogens is 2. The molecule has 0 saturated carbocycles. The van der Waals surface area contributed by atoms with Crippen molar-refractivity contribution in [1.29, 1.82) is 0 Å². The molecule has 0 radical (unpaired) electrons. The minimum absolute atomic E-state index is 0.955. The molecule has 0 aliphatic heterocycles. The summed E-state index contributed by atoms with van der Waals surface area (Å²) in [5.41, 5.74) is 7.44. The van der Waals surface area contributed by atoms with Crippen molar-refractivity contribution in [3.05, 3.63) is 82.1 Å². The molecule has 0 aliphatic rings. The second-order valence-corrected chi connectivity index (χ2v) is 6.72. The average Bonchev–Trinajstić information content (AvgIpc) is 3.22. The summed E-state index contributed by atoms with van der Waals surface area (Å²) in [6.07, 6.45) is 4.29. The van der Waals surface area contributed by atoms with Crippen LogP contribution in [0.2, 0.25) is 0 Å². The van der Waals surface area contributed by atoms with E-state index in [1.807, 2.05) is 6.07 Å². The summed E-state index contributed by atoms with van der Waals surface area (Å²) in [7, 11) is 0. The van der Waals surface area contributed by atoms with E-state index in [1.54, 1.807) is 0 Å². The van der Waals surface area contributed by atoms with E-state index in [0.29, 0.717) is 0 Å². The molecule has 0 saturated heterocycles. The highest BCUT2D eigenvalue weighted by Gasteiger charge is 2.06. The number of benzene rings is 2. The van der Waals surface area contributed by atoms with Crippen molar-refractivity contribution in [2.75, 3.05) is 0 Å². The van der Waals surface area contributed by atoms with E-state index >= 15 is 0 Å². The van der Waals surface area contributed by atoms with Crippen LogP contribution in [0.1, 0.15) is 30.8 Å². The lowest BCUT2D eigenvalue weighted by Crippen LogP contribution is -2.20. The molecule has 2 N–H and O–H groups in total. The summed E-state index contributed by atoms with van der Waals surface area (Å²) < 4.78 is 0. The third-order valence-electron chi connectivity index (χ3n) is 5.07. The summed E-state index contributed by atoms with van der Waals surface area (Å²) in [5.74, 6) is 0. The normalized spacial score (nSPS) is 12.2. The highest BCUT2D eigenvalue weighted by Crippen LogP contribution is 2.22. The lowest BCUT2D eigenvalue weighted by atomic mass is 10.0. The van der Waals surface area contributed by atoms with Crippen molar-refractivity contribution >= 4 is 23.6 Å². The third kappa shape index (κ3) is 2.88. The van der Waals surface area contributed by atoms with Crippen molar-refractivity contribution in [2.24, 2.45) is 0 Å². The Balaban J connectivity index is 1.85. The molecule has 130 valence electrons. The van der Waals surface area contributed by atoms with Crippen LogP contribution in [0.3, 0.4) is 0 Å². The Hall–Kier alpha value is -3.00. The summed E-state index contributed by atoms with van der Waals surface area (Å²) in [4.78, 5) is 7.00. The predicted octanol–water partition coefficient (Wildman–Crippen LogP) is 4.53. The van der Waals surface area contributed by atoms with Crippen LogP contribution in [0.25, 0.3) is 34.7 Å². The highest BCUT2D eigenvalue weighted by molar-refractivity contribution is 5.86. The molecular weight excluding hydrogens is 316 g/mol. The number of rotatable bonds is 4. The quantitative estimate of drug-likeness (QED) is 0.547. The van der Waals surface area contributed by atoms with Crippen LogP contribution < -0.4 is 10.6 Å². The van der Waals surface area contributed by atoms with Crippen LogP contribution in [0.4, 0.5) is 0 Å². The molecule has 4 aromatic rings. The molecule has 2 heterocycles. The number of aromatic amines is 2.